The fourth-order valence-corrected chi connectivity index (χ4v) is 5.54. The van der Waals surface area contributed by atoms with Gasteiger partial charge in [-0.25, -0.2) is 4.57 Å². The van der Waals surface area contributed by atoms with Crippen molar-refractivity contribution in [2.75, 3.05) is 0 Å². The molecule has 0 saturated heterocycles. The number of aliphatic hydroxyl groups is 1. The average Bonchev–Trinajstić information content (AvgIpc) is 2.87. The number of hydrogen-bond donors (Lipinski definition) is 7. The summed E-state index contributed by atoms with van der Waals surface area (Å²) in [7, 11) is -9.85. The number of para-hydroxylation sites is 3. The van der Waals surface area contributed by atoms with Crippen molar-refractivity contribution in [3.05, 3.63) is 111 Å². The molecule has 41 heavy (non-hydrogen) atoms. The van der Waals surface area contributed by atoms with Gasteiger partial charge in [-0.2, -0.15) is 0 Å². The molecule has 0 fully saturated rings. The van der Waals surface area contributed by atoms with E-state index in [1.807, 2.05) is 6.92 Å². The fourth-order valence-electron chi connectivity index (χ4n) is 4.53. The predicted octanol–water partition coefficient (Wildman–Crippen LogP) is 5.32. The van der Waals surface area contributed by atoms with Crippen LogP contribution in [-0.4, -0.2) is 34.7 Å². The molecule has 0 saturated carbocycles. The van der Waals surface area contributed by atoms with Crippen LogP contribution in [0.2, 0.25) is 0 Å². The molecule has 3 aromatic carbocycles. The second kappa shape index (κ2) is 13.6. The molecular formula is C29H36O10P2. The summed E-state index contributed by atoms with van der Waals surface area (Å²) >= 11 is 0. The van der Waals surface area contributed by atoms with Crippen LogP contribution in [0.5, 0.6) is 17.2 Å². The molecular weight excluding hydrogens is 570 g/mol. The van der Waals surface area contributed by atoms with Gasteiger partial charge >= 0.3 is 183 Å². The number of aryl methyl sites for hydroxylation is 1. The molecule has 7 N–H and O–H groups in total. The number of benzene rings is 3. The minimum absolute atomic E-state index is 0.0460. The van der Waals surface area contributed by atoms with E-state index in [1.165, 1.54) is 6.92 Å². The smallest absolute Gasteiger partial charge is 0.512 e. The van der Waals surface area contributed by atoms with Gasteiger partial charge in [0.05, 0.1) is 5.76 Å². The summed E-state index contributed by atoms with van der Waals surface area (Å²) < 4.78 is 22.2. The SMILES string of the molecule is C/C=C\C(Cc1cccc(Cc2cccc(Cc3cccc(CC)c3O[PH](O)(O)O)c2O)c1OP(=O)(O)O)=C(/C)O. The van der Waals surface area contributed by atoms with Gasteiger partial charge in [-0.3, -0.25) is 9.79 Å². The molecule has 12 heteroatoms. The minimum atomic E-state index is -4.96. The van der Waals surface area contributed by atoms with Crippen LogP contribution in [0.4, 0.5) is 0 Å². The van der Waals surface area contributed by atoms with Crippen molar-refractivity contribution >= 4 is 16.0 Å². The fraction of sp³-hybridized carbons (Fsp3) is 0.241. The third kappa shape index (κ3) is 9.15. The molecule has 0 aliphatic heterocycles. The van der Waals surface area contributed by atoms with Crippen molar-refractivity contribution in [2.45, 2.75) is 46.5 Å². The quantitative estimate of drug-likeness (QED) is 0.0811. The van der Waals surface area contributed by atoms with Gasteiger partial charge in [0.15, 0.2) is 0 Å². The van der Waals surface area contributed by atoms with E-state index < -0.39 is 16.0 Å². The molecule has 3 aromatic rings. The Morgan fingerprint density at radius 2 is 1.34 bits per heavy atom. The summed E-state index contributed by atoms with van der Waals surface area (Å²) in [5.74, 6) is 0.0672. The summed E-state index contributed by atoms with van der Waals surface area (Å²) in [6, 6.07) is 15.2. The van der Waals surface area contributed by atoms with Crippen LogP contribution in [0.15, 0.2) is 78.1 Å². The monoisotopic (exact) mass is 606 g/mol. The van der Waals surface area contributed by atoms with Crippen molar-refractivity contribution in [1.29, 1.82) is 0 Å². The Balaban J connectivity index is 2.04. The molecule has 0 radical (unpaired) electrons. The first-order valence-corrected chi connectivity index (χ1v) is 16.1. The standard InChI is InChI=1S/C29H36O10P2/c1-4-9-21(19(3)30)16-24-14-8-15-26(29(24)39-41(35,36)37)18-23-12-7-11-22(27(23)31)17-25-13-6-10-20(5-2)28(25)38-40(32,33)34/h4,6-15,30-34,40H,5,16-18H2,1-3H3,(H2,35,36,37)/b9-4-,21-19-. The third-order valence-corrected chi connectivity index (χ3v) is 7.26. The van der Waals surface area contributed by atoms with Crippen LogP contribution >= 0.6 is 16.0 Å². The molecule has 0 bridgehead atoms. The van der Waals surface area contributed by atoms with E-state index >= 15 is 0 Å². The van der Waals surface area contributed by atoms with E-state index in [0.29, 0.717) is 45.4 Å². The van der Waals surface area contributed by atoms with Crippen molar-refractivity contribution in [3.8, 4) is 17.2 Å². The minimum Gasteiger partial charge on any atom is -0.512 e. The molecule has 0 aliphatic carbocycles. The van der Waals surface area contributed by atoms with Crippen molar-refractivity contribution in [2.24, 2.45) is 0 Å². The van der Waals surface area contributed by atoms with Gasteiger partial charge in [0, 0.05) is 0 Å². The van der Waals surface area contributed by atoms with Crippen molar-refractivity contribution in [3.63, 3.8) is 0 Å². The molecule has 10 nitrogen and oxygen atoms in total. The second-order valence-corrected chi connectivity index (χ2v) is 12.0. The Kier molecular flexibility index (Phi) is 10.8. The van der Waals surface area contributed by atoms with Gasteiger partial charge in [0.1, 0.15) is 0 Å². The number of aliphatic hydroxyl groups excluding tert-OH is 1. The number of phenols is 1. The van der Waals surface area contributed by atoms with Crippen LogP contribution in [0.25, 0.3) is 0 Å². The van der Waals surface area contributed by atoms with Crippen molar-refractivity contribution < 1.29 is 48.3 Å². The summed E-state index contributed by atoms with van der Waals surface area (Å²) in [4.78, 5) is 48.0. The van der Waals surface area contributed by atoms with Crippen LogP contribution < -0.4 is 9.05 Å². The first kappa shape index (κ1) is 32.3. The van der Waals surface area contributed by atoms with Gasteiger partial charge in [0.25, 0.3) is 0 Å². The third-order valence-electron chi connectivity index (χ3n) is 6.36. The van der Waals surface area contributed by atoms with E-state index in [2.05, 4.69) is 0 Å². The van der Waals surface area contributed by atoms with Crippen LogP contribution in [0.3, 0.4) is 0 Å². The molecule has 0 atom stereocenters. The van der Waals surface area contributed by atoms with Crippen molar-refractivity contribution in [1.82, 2.24) is 0 Å². The first-order chi connectivity index (χ1) is 19.2. The van der Waals surface area contributed by atoms with Crippen LogP contribution in [0.1, 0.15) is 54.2 Å². The molecule has 222 valence electrons. The Bertz CT molecular complexity index is 1480. The van der Waals surface area contributed by atoms with Gasteiger partial charge < -0.3 is 5.11 Å². The van der Waals surface area contributed by atoms with E-state index in [1.54, 1.807) is 73.7 Å². The van der Waals surface area contributed by atoms with Gasteiger partial charge in [-0.1, -0.05) is 12.2 Å². The number of allylic oxidation sites excluding steroid dienone is 4. The molecule has 0 unspecified atom stereocenters. The number of rotatable bonds is 12. The summed E-state index contributed by atoms with van der Waals surface area (Å²) in [6.45, 7) is 5.15. The normalized spacial score (nSPS) is 13.3. The molecule has 0 aromatic heterocycles. The first-order valence-electron chi connectivity index (χ1n) is 12.9. The second-order valence-electron chi connectivity index (χ2n) is 9.49. The summed E-state index contributed by atoms with van der Waals surface area (Å²) in [6.07, 6.45) is 4.26. The van der Waals surface area contributed by atoms with Crippen LogP contribution in [0, 0.1) is 0 Å². The molecule has 0 amide bonds. The Hall–Kier alpha value is -3.20. The summed E-state index contributed by atoms with van der Waals surface area (Å²) in [5.41, 5.74) is 3.46. The number of hydrogen-bond acceptors (Lipinski definition) is 8. The Labute approximate surface area is 239 Å². The zero-order valence-corrected chi connectivity index (χ0v) is 24.9. The topological polar surface area (TPSA) is 177 Å². The molecule has 3 rings (SSSR count). The molecule has 0 heterocycles. The number of phenolic OH excluding ortho intramolecular Hbond substituents is 1. The molecule has 0 aliphatic rings. The van der Waals surface area contributed by atoms with E-state index in [-0.39, 0.29) is 42.3 Å². The average molecular weight is 607 g/mol. The van der Waals surface area contributed by atoms with Gasteiger partial charge in [-0.05, 0) is 19.4 Å². The Morgan fingerprint density at radius 3 is 1.80 bits per heavy atom. The zero-order chi connectivity index (χ0) is 30.4. The number of phosphoric ester groups is 1. The van der Waals surface area contributed by atoms with Gasteiger partial charge in [-0.15, -0.1) is 0 Å². The number of phosphoric acid groups is 1. The van der Waals surface area contributed by atoms with E-state index in [4.69, 9.17) is 9.05 Å². The van der Waals surface area contributed by atoms with Gasteiger partial charge in [0.2, 0.25) is 0 Å². The zero-order valence-electron chi connectivity index (χ0n) is 23.0. The van der Waals surface area contributed by atoms with E-state index in [0.717, 1.165) is 0 Å². The summed E-state index contributed by atoms with van der Waals surface area (Å²) in [5, 5.41) is 21.3. The van der Waals surface area contributed by atoms with E-state index in [9.17, 15) is 39.2 Å². The number of aromatic hydroxyl groups is 1. The predicted molar refractivity (Wildman–Crippen MR) is 158 cm³/mol. The molecule has 0 spiro atoms. The maximum atomic E-state index is 11.9. The maximum absolute atomic E-state index is 11.9. The van der Waals surface area contributed by atoms with Crippen LogP contribution in [-0.2, 0) is 30.2 Å². The Morgan fingerprint density at radius 1 is 0.854 bits per heavy atom.